The van der Waals surface area contributed by atoms with Crippen molar-refractivity contribution < 1.29 is 23.9 Å². The molecule has 2 N–H and O–H groups in total. The van der Waals surface area contributed by atoms with Crippen LogP contribution in [-0.2, 0) is 19.1 Å². The molecule has 0 fully saturated rings. The minimum Gasteiger partial charge on any atom is -0.492 e. The Morgan fingerprint density at radius 3 is 2.29 bits per heavy atom. The second-order valence-electron chi connectivity index (χ2n) is 8.55. The number of amides is 2. The van der Waals surface area contributed by atoms with Gasteiger partial charge in [0.05, 0.1) is 19.0 Å². The van der Waals surface area contributed by atoms with Crippen LogP contribution in [0.15, 0.2) is 30.3 Å². The van der Waals surface area contributed by atoms with Crippen molar-refractivity contribution in [1.29, 1.82) is 5.26 Å². The van der Waals surface area contributed by atoms with E-state index in [9.17, 15) is 19.6 Å². The lowest BCUT2D eigenvalue weighted by atomic mass is 9.91. The van der Waals surface area contributed by atoms with E-state index in [1.807, 2.05) is 50.2 Å². The highest BCUT2D eigenvalue weighted by Crippen LogP contribution is 2.17. The smallest absolute Gasteiger partial charge is 0.309 e. The summed E-state index contributed by atoms with van der Waals surface area (Å²) in [4.78, 5) is 36.9. The number of hydrogen-bond acceptors (Lipinski definition) is 6. The van der Waals surface area contributed by atoms with Gasteiger partial charge in [-0.2, -0.15) is 5.26 Å². The Hall–Kier alpha value is -3.08. The van der Waals surface area contributed by atoms with E-state index in [1.165, 1.54) is 0 Å². The fourth-order valence-electron chi connectivity index (χ4n) is 2.74. The highest BCUT2D eigenvalue weighted by atomic mass is 16.6. The molecule has 0 radical (unpaired) electrons. The molecule has 0 aliphatic heterocycles. The van der Waals surface area contributed by atoms with Crippen molar-refractivity contribution in [2.75, 3.05) is 13.2 Å². The first-order valence-corrected chi connectivity index (χ1v) is 10.4. The lowest BCUT2D eigenvalue weighted by molar-refractivity contribution is -0.155. The minimum absolute atomic E-state index is 0.0284. The van der Waals surface area contributed by atoms with Crippen LogP contribution in [0.4, 0.5) is 0 Å². The molecule has 170 valence electrons. The van der Waals surface area contributed by atoms with Crippen molar-refractivity contribution in [2.45, 2.75) is 59.1 Å². The van der Waals surface area contributed by atoms with Crippen LogP contribution in [0.2, 0.25) is 0 Å². The molecule has 0 aliphatic carbocycles. The molecule has 1 aromatic rings. The summed E-state index contributed by atoms with van der Waals surface area (Å²) in [6.07, 6.45) is -0.285. The molecule has 0 aromatic heterocycles. The first kappa shape index (κ1) is 26.0. The lowest BCUT2D eigenvalue weighted by Gasteiger charge is -2.23. The van der Waals surface area contributed by atoms with Gasteiger partial charge in [0, 0.05) is 12.3 Å². The number of carbonyl (C=O) groups excluding carboxylic acids is 3. The van der Waals surface area contributed by atoms with E-state index < -0.39 is 29.4 Å². The second kappa shape index (κ2) is 12.6. The van der Waals surface area contributed by atoms with Crippen molar-refractivity contribution in [3.05, 3.63) is 30.3 Å². The number of carbonyl (C=O) groups is 3. The summed E-state index contributed by atoms with van der Waals surface area (Å²) in [6, 6.07) is 10.1. The van der Waals surface area contributed by atoms with Gasteiger partial charge in [-0.15, -0.1) is 0 Å². The molecular weight excluding hydrogens is 398 g/mol. The van der Waals surface area contributed by atoms with Crippen LogP contribution in [-0.4, -0.2) is 42.6 Å². The Morgan fingerprint density at radius 2 is 1.74 bits per heavy atom. The van der Waals surface area contributed by atoms with Crippen LogP contribution in [0.25, 0.3) is 0 Å². The van der Waals surface area contributed by atoms with E-state index in [0.717, 1.165) is 0 Å². The van der Waals surface area contributed by atoms with Gasteiger partial charge in [0.25, 0.3) is 0 Å². The largest absolute Gasteiger partial charge is 0.492 e. The minimum atomic E-state index is -1.02. The number of benzene rings is 1. The molecule has 0 aliphatic rings. The zero-order chi connectivity index (χ0) is 23.4. The molecule has 1 aromatic carbocycles. The third kappa shape index (κ3) is 11.0. The van der Waals surface area contributed by atoms with Gasteiger partial charge in [0.15, 0.2) is 0 Å². The van der Waals surface area contributed by atoms with Crippen LogP contribution < -0.4 is 15.4 Å². The molecule has 8 nitrogen and oxygen atoms in total. The predicted molar refractivity (Wildman–Crippen MR) is 116 cm³/mol. The molecule has 0 saturated carbocycles. The number of para-hydroxylation sites is 1. The standard InChI is InChI=1S/C23H33N3O5/c1-16(2)19(14-20(27)25-11-12-30-18-9-7-6-8-10-18)22(29)26-17(15-24)13-21(28)31-23(3,4)5/h6-10,16-17,19H,11-14H2,1-5H3,(H,25,27)(H,26,29). The normalized spacial score (nSPS) is 12.9. The second-order valence-corrected chi connectivity index (χ2v) is 8.55. The average Bonchev–Trinajstić information content (AvgIpc) is 2.67. The number of esters is 1. The lowest BCUT2D eigenvalue weighted by Crippen LogP contribution is -2.43. The van der Waals surface area contributed by atoms with Gasteiger partial charge in [-0.25, -0.2) is 0 Å². The summed E-state index contributed by atoms with van der Waals surface area (Å²) >= 11 is 0. The zero-order valence-electron chi connectivity index (χ0n) is 18.9. The van der Waals surface area contributed by atoms with Gasteiger partial charge in [-0.05, 0) is 38.8 Å². The summed E-state index contributed by atoms with van der Waals surface area (Å²) in [6.45, 7) is 9.44. The number of nitrogens with one attached hydrogen (secondary N) is 2. The molecule has 2 atom stereocenters. The summed E-state index contributed by atoms with van der Waals surface area (Å²) in [7, 11) is 0. The molecule has 31 heavy (non-hydrogen) atoms. The van der Waals surface area contributed by atoms with Gasteiger partial charge in [0.2, 0.25) is 11.8 Å². The average molecular weight is 432 g/mol. The van der Waals surface area contributed by atoms with E-state index in [4.69, 9.17) is 9.47 Å². The summed E-state index contributed by atoms with van der Waals surface area (Å²) in [5.41, 5.74) is -0.677. The van der Waals surface area contributed by atoms with Crippen LogP contribution in [0, 0.1) is 23.2 Å². The van der Waals surface area contributed by atoms with Crippen LogP contribution in [0.5, 0.6) is 5.75 Å². The Morgan fingerprint density at radius 1 is 1.10 bits per heavy atom. The van der Waals surface area contributed by atoms with Crippen LogP contribution >= 0.6 is 0 Å². The van der Waals surface area contributed by atoms with Gasteiger partial charge in [0.1, 0.15) is 24.0 Å². The molecule has 0 bridgehead atoms. The number of nitrogens with zero attached hydrogens (tertiary/aromatic N) is 1. The van der Waals surface area contributed by atoms with E-state index in [1.54, 1.807) is 20.8 Å². The molecule has 0 heterocycles. The monoisotopic (exact) mass is 431 g/mol. The summed E-state index contributed by atoms with van der Waals surface area (Å²) in [5.74, 6) is -1.36. The van der Waals surface area contributed by atoms with Gasteiger partial charge < -0.3 is 20.1 Å². The van der Waals surface area contributed by atoms with E-state index >= 15 is 0 Å². The van der Waals surface area contributed by atoms with Crippen molar-refractivity contribution in [1.82, 2.24) is 10.6 Å². The maximum Gasteiger partial charge on any atom is 0.309 e. The Labute approximate surface area is 184 Å². The fraction of sp³-hybridized carbons (Fsp3) is 0.565. The molecular formula is C23H33N3O5. The topological polar surface area (TPSA) is 118 Å². The van der Waals surface area contributed by atoms with Crippen LogP contribution in [0.3, 0.4) is 0 Å². The highest BCUT2D eigenvalue weighted by molar-refractivity contribution is 5.86. The first-order valence-electron chi connectivity index (χ1n) is 10.4. The molecule has 8 heteroatoms. The zero-order valence-corrected chi connectivity index (χ0v) is 18.9. The van der Waals surface area contributed by atoms with Crippen molar-refractivity contribution in [3.8, 4) is 11.8 Å². The first-order chi connectivity index (χ1) is 14.5. The number of ether oxygens (including phenoxy) is 2. The van der Waals surface area contributed by atoms with Gasteiger partial charge >= 0.3 is 5.97 Å². The van der Waals surface area contributed by atoms with Gasteiger partial charge in [-0.1, -0.05) is 32.0 Å². The summed E-state index contributed by atoms with van der Waals surface area (Å²) in [5, 5.41) is 14.6. The Balaban J connectivity index is 2.51. The molecule has 1 rings (SSSR count). The van der Waals surface area contributed by atoms with Crippen molar-refractivity contribution in [2.24, 2.45) is 11.8 Å². The number of rotatable bonds is 11. The SMILES string of the molecule is CC(C)C(CC(=O)NCCOc1ccccc1)C(=O)NC(C#N)CC(=O)OC(C)(C)C. The van der Waals surface area contributed by atoms with E-state index in [-0.39, 0.29) is 24.7 Å². The summed E-state index contributed by atoms with van der Waals surface area (Å²) < 4.78 is 10.7. The third-order valence-electron chi connectivity index (χ3n) is 4.25. The van der Waals surface area contributed by atoms with E-state index in [2.05, 4.69) is 10.6 Å². The molecule has 0 saturated heterocycles. The highest BCUT2D eigenvalue weighted by Gasteiger charge is 2.28. The van der Waals surface area contributed by atoms with Gasteiger partial charge in [-0.3, -0.25) is 14.4 Å². The molecule has 0 spiro atoms. The number of nitriles is 1. The van der Waals surface area contributed by atoms with Crippen molar-refractivity contribution in [3.63, 3.8) is 0 Å². The Bertz CT molecular complexity index is 766. The predicted octanol–water partition coefficient (Wildman–Crippen LogP) is 2.58. The number of hydrogen-bond donors (Lipinski definition) is 2. The van der Waals surface area contributed by atoms with Crippen LogP contribution in [0.1, 0.15) is 47.5 Å². The quantitative estimate of drug-likeness (QED) is 0.411. The fourth-order valence-corrected chi connectivity index (χ4v) is 2.74. The van der Waals surface area contributed by atoms with E-state index in [0.29, 0.717) is 18.9 Å². The maximum atomic E-state index is 12.7. The van der Waals surface area contributed by atoms with Crippen molar-refractivity contribution >= 4 is 17.8 Å². The molecule has 2 unspecified atom stereocenters. The maximum absolute atomic E-state index is 12.7. The molecule has 2 amide bonds. The Kier molecular flexibility index (Phi) is 10.5. The third-order valence-corrected chi connectivity index (χ3v) is 4.25.